The van der Waals surface area contributed by atoms with E-state index in [0.717, 1.165) is 6.42 Å². The molecule has 25 heavy (non-hydrogen) atoms. The van der Waals surface area contributed by atoms with Gasteiger partial charge in [0.2, 0.25) is 0 Å². The average Bonchev–Trinajstić information content (AvgIpc) is 3.24. The summed E-state index contributed by atoms with van der Waals surface area (Å²) < 4.78 is 0. The lowest BCUT2D eigenvalue weighted by Crippen LogP contribution is -2.35. The van der Waals surface area contributed by atoms with Gasteiger partial charge in [-0.1, -0.05) is 45.0 Å². The summed E-state index contributed by atoms with van der Waals surface area (Å²) >= 11 is 0. The van der Waals surface area contributed by atoms with E-state index in [9.17, 15) is 9.59 Å². The number of carbonyl (C=O) groups excluding carboxylic acids is 1. The first-order chi connectivity index (χ1) is 11.7. The Hall–Kier alpha value is -2.43. The molecule has 0 bridgehead atoms. The van der Waals surface area contributed by atoms with E-state index in [1.165, 1.54) is 11.1 Å². The summed E-state index contributed by atoms with van der Waals surface area (Å²) in [7, 11) is 0. The third kappa shape index (κ3) is 3.50. The van der Waals surface area contributed by atoms with Crippen LogP contribution in [0.1, 0.15) is 66.1 Å². The smallest absolute Gasteiger partial charge is 0.264 e. The summed E-state index contributed by atoms with van der Waals surface area (Å²) in [5, 5.41) is 2.99. The number of carbonyl (C=O) groups is 1. The van der Waals surface area contributed by atoms with Gasteiger partial charge in [-0.2, -0.15) is 0 Å². The highest BCUT2D eigenvalue weighted by Crippen LogP contribution is 2.42. The van der Waals surface area contributed by atoms with Gasteiger partial charge in [0.15, 0.2) is 0 Å². The van der Waals surface area contributed by atoms with E-state index < -0.39 is 0 Å². The molecule has 1 aliphatic carbocycles. The Balaban J connectivity index is 1.77. The molecule has 2 aromatic rings. The molecule has 1 fully saturated rings. The Morgan fingerprint density at radius 3 is 2.52 bits per heavy atom. The number of aryl methyl sites for hydroxylation is 2. The Morgan fingerprint density at radius 1 is 1.24 bits per heavy atom. The van der Waals surface area contributed by atoms with Crippen molar-refractivity contribution in [2.45, 2.75) is 58.4 Å². The molecule has 5 heteroatoms. The number of H-pyrrole nitrogens is 1. The highest BCUT2D eigenvalue weighted by Gasteiger charge is 2.40. The molecule has 0 aliphatic heterocycles. The summed E-state index contributed by atoms with van der Waals surface area (Å²) in [4.78, 5) is 32.2. The number of rotatable bonds is 3. The maximum absolute atomic E-state index is 12.6. The number of nitrogens with zero attached hydrogens (tertiary/aromatic N) is 1. The van der Waals surface area contributed by atoms with Crippen molar-refractivity contribution in [2.24, 2.45) is 0 Å². The molecule has 0 radical (unpaired) electrons. The maximum Gasteiger partial charge on any atom is 0.264 e. The largest absolute Gasteiger partial charge is 0.348 e. The summed E-state index contributed by atoms with van der Waals surface area (Å²) in [5.41, 5.74) is 2.44. The minimum atomic E-state index is -0.372. The second-order valence-corrected chi connectivity index (χ2v) is 7.90. The van der Waals surface area contributed by atoms with Crippen LogP contribution in [0.15, 0.2) is 29.1 Å². The molecule has 1 aromatic carbocycles. The van der Waals surface area contributed by atoms with Crippen LogP contribution in [-0.4, -0.2) is 21.9 Å². The minimum Gasteiger partial charge on any atom is -0.348 e. The van der Waals surface area contributed by atoms with E-state index in [-0.39, 0.29) is 28.5 Å². The average molecular weight is 339 g/mol. The van der Waals surface area contributed by atoms with Crippen molar-refractivity contribution in [3.63, 3.8) is 0 Å². The third-order valence-electron chi connectivity index (χ3n) is 4.73. The van der Waals surface area contributed by atoms with Gasteiger partial charge in [-0.15, -0.1) is 0 Å². The van der Waals surface area contributed by atoms with Crippen molar-refractivity contribution >= 4 is 5.91 Å². The van der Waals surface area contributed by atoms with Gasteiger partial charge in [0.1, 0.15) is 11.4 Å². The molecule has 5 nitrogen and oxygen atoms in total. The van der Waals surface area contributed by atoms with Gasteiger partial charge >= 0.3 is 0 Å². The van der Waals surface area contributed by atoms with E-state index in [0.29, 0.717) is 17.4 Å². The van der Waals surface area contributed by atoms with Gasteiger partial charge in [0, 0.05) is 17.4 Å². The lowest BCUT2D eigenvalue weighted by molar-refractivity contribution is 0.0947. The minimum absolute atomic E-state index is 0.0784. The lowest BCUT2D eigenvalue weighted by atomic mass is 9.95. The molecule has 0 unspecified atom stereocenters. The topological polar surface area (TPSA) is 74.8 Å². The zero-order chi connectivity index (χ0) is 18.4. The first-order valence-corrected chi connectivity index (χ1v) is 8.66. The highest BCUT2D eigenvalue weighted by atomic mass is 16.2. The molecule has 3 rings (SSSR count). The van der Waals surface area contributed by atoms with E-state index in [4.69, 9.17) is 0 Å². The standard InChI is InChI=1S/C20H25N3O2/c1-11-8-6-7-9-13(11)14-10-15(14)22-17(24)16-12(2)21-19(20(3,4)5)23-18(16)25/h6-9,14-15H,10H2,1-5H3,(H,22,24)(H,21,23,25)/t14-,15-/m1/s1. The van der Waals surface area contributed by atoms with Gasteiger partial charge in [-0.25, -0.2) is 4.98 Å². The molecule has 0 saturated heterocycles. The maximum atomic E-state index is 12.6. The SMILES string of the molecule is Cc1ccccc1[C@H]1C[C@H]1NC(=O)c1c(C)nc(C(C)(C)C)[nH]c1=O. The zero-order valence-electron chi connectivity index (χ0n) is 15.4. The fraction of sp³-hybridized carbons (Fsp3) is 0.450. The summed E-state index contributed by atoms with van der Waals surface area (Å²) in [6, 6.07) is 8.29. The number of nitrogens with one attached hydrogen (secondary N) is 2. The van der Waals surface area contributed by atoms with Gasteiger partial charge in [-0.05, 0) is 31.4 Å². The Morgan fingerprint density at radius 2 is 1.92 bits per heavy atom. The molecular formula is C20H25N3O2. The summed E-state index contributed by atoms with van der Waals surface area (Å²) in [6.07, 6.45) is 0.904. The van der Waals surface area contributed by atoms with Crippen LogP contribution in [0.3, 0.4) is 0 Å². The number of benzene rings is 1. The predicted molar refractivity (Wildman–Crippen MR) is 98.1 cm³/mol. The lowest BCUT2D eigenvalue weighted by Gasteiger charge is -2.18. The molecule has 2 N–H and O–H groups in total. The van der Waals surface area contributed by atoms with Crippen LogP contribution < -0.4 is 10.9 Å². The fourth-order valence-corrected chi connectivity index (χ4v) is 3.15. The Labute approximate surface area is 147 Å². The molecule has 1 saturated carbocycles. The van der Waals surface area contributed by atoms with E-state index in [1.54, 1.807) is 6.92 Å². The Bertz CT molecular complexity index is 877. The fourth-order valence-electron chi connectivity index (χ4n) is 3.15. The van der Waals surface area contributed by atoms with E-state index in [2.05, 4.69) is 34.3 Å². The molecule has 1 amide bonds. The number of hydrogen-bond donors (Lipinski definition) is 2. The summed E-state index contributed by atoms with van der Waals surface area (Å²) in [5.74, 6) is 0.579. The molecule has 1 heterocycles. The van der Waals surface area contributed by atoms with Crippen LogP contribution in [-0.2, 0) is 5.41 Å². The van der Waals surface area contributed by atoms with Crippen LogP contribution in [0.25, 0.3) is 0 Å². The zero-order valence-corrected chi connectivity index (χ0v) is 15.4. The second kappa shape index (κ2) is 6.14. The van der Waals surface area contributed by atoms with Crippen molar-refractivity contribution in [1.29, 1.82) is 0 Å². The first kappa shape index (κ1) is 17.4. The van der Waals surface area contributed by atoms with Crippen molar-refractivity contribution in [2.75, 3.05) is 0 Å². The predicted octanol–water partition coefficient (Wildman–Crippen LogP) is 2.97. The molecule has 1 aliphatic rings. The van der Waals surface area contributed by atoms with Crippen LogP contribution in [0, 0.1) is 13.8 Å². The van der Waals surface area contributed by atoms with E-state index >= 15 is 0 Å². The quantitative estimate of drug-likeness (QED) is 0.903. The Kier molecular flexibility index (Phi) is 4.27. The van der Waals surface area contributed by atoms with Crippen LogP contribution >= 0.6 is 0 Å². The van der Waals surface area contributed by atoms with Gasteiger partial charge in [0.05, 0.1) is 5.69 Å². The van der Waals surface area contributed by atoms with Crippen LogP contribution in [0.4, 0.5) is 0 Å². The molecule has 1 aromatic heterocycles. The number of aromatic amines is 1. The molecule has 0 spiro atoms. The third-order valence-corrected chi connectivity index (χ3v) is 4.73. The van der Waals surface area contributed by atoms with Crippen molar-refractivity contribution in [3.05, 3.63) is 62.8 Å². The van der Waals surface area contributed by atoms with Crippen LogP contribution in [0.5, 0.6) is 0 Å². The normalized spacial score (nSPS) is 19.6. The highest BCUT2D eigenvalue weighted by molar-refractivity contribution is 5.95. The van der Waals surface area contributed by atoms with Crippen molar-refractivity contribution in [3.8, 4) is 0 Å². The second-order valence-electron chi connectivity index (χ2n) is 7.90. The number of aromatic nitrogens is 2. The van der Waals surface area contributed by atoms with Gasteiger partial charge in [0.25, 0.3) is 11.5 Å². The molecule has 2 atom stereocenters. The van der Waals surface area contributed by atoms with E-state index in [1.807, 2.05) is 32.9 Å². The first-order valence-electron chi connectivity index (χ1n) is 8.66. The number of hydrogen-bond acceptors (Lipinski definition) is 3. The van der Waals surface area contributed by atoms with Gasteiger partial charge in [-0.3, -0.25) is 9.59 Å². The molecular weight excluding hydrogens is 314 g/mol. The van der Waals surface area contributed by atoms with Gasteiger partial charge < -0.3 is 10.3 Å². The number of amides is 1. The van der Waals surface area contributed by atoms with Crippen molar-refractivity contribution < 1.29 is 4.79 Å². The van der Waals surface area contributed by atoms with Crippen LogP contribution in [0.2, 0.25) is 0 Å². The molecule has 132 valence electrons. The van der Waals surface area contributed by atoms with Crippen molar-refractivity contribution in [1.82, 2.24) is 15.3 Å². The monoisotopic (exact) mass is 339 g/mol. The summed E-state index contributed by atoms with van der Waals surface area (Å²) in [6.45, 7) is 9.71.